The van der Waals surface area contributed by atoms with Gasteiger partial charge in [-0.15, -0.1) is 48.6 Å². The van der Waals surface area contributed by atoms with E-state index in [1.165, 1.54) is 4.88 Å². The number of hydrogen-bond donors (Lipinski definition) is 1. The minimum absolute atomic E-state index is 0. The van der Waals surface area contributed by atoms with Crippen LogP contribution < -0.4 is 5.32 Å². The lowest BCUT2D eigenvalue weighted by molar-refractivity contribution is -0.149. The van der Waals surface area contributed by atoms with Gasteiger partial charge in [-0.3, -0.25) is 9.69 Å². The lowest BCUT2D eigenvalue weighted by Gasteiger charge is -2.42. The maximum atomic E-state index is 13.1. The average Bonchev–Trinajstić information content (AvgIpc) is 3.01. The van der Waals surface area contributed by atoms with Gasteiger partial charge in [0, 0.05) is 50.9 Å². The van der Waals surface area contributed by atoms with Crippen molar-refractivity contribution in [2.24, 2.45) is 5.41 Å². The Labute approximate surface area is 184 Å². The maximum Gasteiger partial charge on any atom is 0.231 e. The van der Waals surface area contributed by atoms with Crippen LogP contribution in [0.5, 0.6) is 0 Å². The third kappa shape index (κ3) is 6.70. The van der Waals surface area contributed by atoms with Gasteiger partial charge in [0.05, 0.1) is 17.0 Å². The summed E-state index contributed by atoms with van der Waals surface area (Å²) in [6.07, 6.45) is 3.72. The standard InChI is InChI=1S/C17H28N4O2S.3ClH/c1-14-19-11-15(24-14)12-20-7-9-21(10-8-20)16(22)17(13-23-2)3-5-18-6-4-17;;;/h11,18H,3-10,12-13H2,1-2H3;3*1H. The highest BCUT2D eigenvalue weighted by atomic mass is 35.5. The van der Waals surface area contributed by atoms with Crippen LogP contribution in [0.4, 0.5) is 0 Å². The number of carbonyl (C=O) groups excluding carboxylic acids is 1. The summed E-state index contributed by atoms with van der Waals surface area (Å²) in [5, 5.41) is 4.47. The molecule has 1 aromatic heterocycles. The zero-order valence-electron chi connectivity index (χ0n) is 15.9. The van der Waals surface area contributed by atoms with Crippen LogP contribution in [0.15, 0.2) is 6.20 Å². The molecule has 1 amide bonds. The van der Waals surface area contributed by atoms with Crippen molar-refractivity contribution in [2.75, 3.05) is 53.0 Å². The van der Waals surface area contributed by atoms with Gasteiger partial charge < -0.3 is 15.0 Å². The smallest absolute Gasteiger partial charge is 0.231 e. The predicted octanol–water partition coefficient (Wildman–Crippen LogP) is 2.38. The molecule has 158 valence electrons. The van der Waals surface area contributed by atoms with Crippen molar-refractivity contribution in [3.8, 4) is 0 Å². The van der Waals surface area contributed by atoms with Gasteiger partial charge in [-0.05, 0) is 32.9 Å². The van der Waals surface area contributed by atoms with E-state index in [9.17, 15) is 4.79 Å². The number of piperidine rings is 1. The molecule has 0 saturated carbocycles. The van der Waals surface area contributed by atoms with Crippen LogP contribution in [0, 0.1) is 12.3 Å². The number of nitrogens with one attached hydrogen (secondary N) is 1. The Balaban J connectivity index is 0.00000225. The molecule has 3 rings (SSSR count). The Morgan fingerprint density at radius 2 is 1.85 bits per heavy atom. The first kappa shape index (κ1) is 26.9. The molecule has 0 aliphatic carbocycles. The second-order valence-corrected chi connectivity index (χ2v) is 8.20. The van der Waals surface area contributed by atoms with E-state index in [2.05, 4.69) is 20.1 Å². The molecule has 0 atom stereocenters. The Bertz CT molecular complexity index is 557. The molecular weight excluding hydrogens is 431 g/mol. The van der Waals surface area contributed by atoms with Gasteiger partial charge in [0.15, 0.2) is 0 Å². The van der Waals surface area contributed by atoms with Crippen molar-refractivity contribution in [1.82, 2.24) is 20.1 Å². The lowest BCUT2D eigenvalue weighted by atomic mass is 9.78. The zero-order valence-corrected chi connectivity index (χ0v) is 19.2. The van der Waals surface area contributed by atoms with Crippen LogP contribution in [0.2, 0.25) is 0 Å². The van der Waals surface area contributed by atoms with E-state index in [0.29, 0.717) is 12.5 Å². The van der Waals surface area contributed by atoms with E-state index < -0.39 is 0 Å². The second kappa shape index (κ2) is 12.4. The highest BCUT2D eigenvalue weighted by Gasteiger charge is 2.42. The Morgan fingerprint density at radius 1 is 1.22 bits per heavy atom. The first-order valence-corrected chi connectivity index (χ1v) is 9.57. The van der Waals surface area contributed by atoms with Gasteiger partial charge >= 0.3 is 0 Å². The third-order valence-corrected chi connectivity index (χ3v) is 6.04. The Morgan fingerprint density at radius 3 is 2.37 bits per heavy atom. The summed E-state index contributed by atoms with van der Waals surface area (Å²) in [5.74, 6) is 0.291. The molecule has 0 radical (unpaired) electrons. The number of rotatable bonds is 5. The molecule has 0 spiro atoms. The number of amides is 1. The van der Waals surface area contributed by atoms with E-state index in [1.807, 2.05) is 13.1 Å². The van der Waals surface area contributed by atoms with Gasteiger partial charge in [0.2, 0.25) is 5.91 Å². The summed E-state index contributed by atoms with van der Waals surface area (Å²) in [6.45, 7) is 8.83. The summed E-state index contributed by atoms with van der Waals surface area (Å²) < 4.78 is 5.41. The lowest BCUT2D eigenvalue weighted by Crippen LogP contribution is -2.56. The van der Waals surface area contributed by atoms with E-state index >= 15 is 0 Å². The molecule has 2 saturated heterocycles. The van der Waals surface area contributed by atoms with E-state index in [4.69, 9.17) is 4.74 Å². The van der Waals surface area contributed by atoms with E-state index in [0.717, 1.165) is 63.7 Å². The normalized spacial score (nSPS) is 19.4. The molecule has 6 nitrogen and oxygen atoms in total. The molecule has 1 N–H and O–H groups in total. The first-order valence-electron chi connectivity index (χ1n) is 8.76. The number of aryl methyl sites for hydroxylation is 1. The van der Waals surface area contributed by atoms with Crippen LogP contribution in [-0.2, 0) is 16.1 Å². The Kier molecular flexibility index (Phi) is 12.4. The summed E-state index contributed by atoms with van der Waals surface area (Å²) in [5.41, 5.74) is -0.322. The van der Waals surface area contributed by atoms with Crippen LogP contribution in [-0.4, -0.2) is 73.7 Å². The summed E-state index contributed by atoms with van der Waals surface area (Å²) in [7, 11) is 1.70. The second-order valence-electron chi connectivity index (χ2n) is 6.88. The molecule has 10 heteroatoms. The van der Waals surface area contributed by atoms with Gasteiger partial charge in [0.1, 0.15) is 0 Å². The fourth-order valence-corrected chi connectivity index (χ4v) is 4.58. The first-order chi connectivity index (χ1) is 11.6. The monoisotopic (exact) mass is 460 g/mol. The number of nitrogens with zero attached hydrogens (tertiary/aromatic N) is 3. The number of piperazine rings is 1. The SMILES string of the molecule is COCC1(C(=O)N2CCN(Cc3cnc(C)s3)CC2)CCNCC1.Cl.Cl.Cl. The molecule has 3 heterocycles. The van der Waals surface area contributed by atoms with Crippen LogP contribution in [0.3, 0.4) is 0 Å². The molecule has 2 aliphatic rings. The highest BCUT2D eigenvalue weighted by Crippen LogP contribution is 2.32. The molecule has 2 fully saturated rings. The van der Waals surface area contributed by atoms with Crippen LogP contribution >= 0.6 is 48.6 Å². The summed E-state index contributed by atoms with van der Waals surface area (Å²) in [4.78, 5) is 23.2. The molecular formula is C17H31Cl3N4O2S. The fourth-order valence-electron chi connectivity index (χ4n) is 3.74. The molecule has 0 unspecified atom stereocenters. The Hall–Kier alpha value is -0.150. The zero-order chi connectivity index (χ0) is 17.0. The summed E-state index contributed by atoms with van der Waals surface area (Å²) >= 11 is 1.76. The van der Waals surface area contributed by atoms with E-state index in [1.54, 1.807) is 18.4 Å². The number of methoxy groups -OCH3 is 1. The fraction of sp³-hybridized carbons (Fsp3) is 0.765. The molecule has 0 aromatic carbocycles. The van der Waals surface area contributed by atoms with Gasteiger partial charge in [-0.2, -0.15) is 0 Å². The van der Waals surface area contributed by atoms with Gasteiger partial charge in [0.25, 0.3) is 0 Å². The molecule has 0 bridgehead atoms. The number of carbonyl (C=O) groups is 1. The minimum atomic E-state index is -0.322. The topological polar surface area (TPSA) is 57.7 Å². The maximum absolute atomic E-state index is 13.1. The van der Waals surface area contributed by atoms with Crippen LogP contribution in [0.1, 0.15) is 22.7 Å². The van der Waals surface area contributed by atoms with Crippen molar-refractivity contribution in [1.29, 1.82) is 0 Å². The van der Waals surface area contributed by atoms with Gasteiger partial charge in [-0.25, -0.2) is 4.98 Å². The number of aromatic nitrogens is 1. The molecule has 1 aromatic rings. The predicted molar refractivity (Wildman–Crippen MR) is 117 cm³/mol. The van der Waals surface area contributed by atoms with Crippen molar-refractivity contribution < 1.29 is 9.53 Å². The van der Waals surface area contributed by atoms with Gasteiger partial charge in [-0.1, -0.05) is 0 Å². The van der Waals surface area contributed by atoms with Crippen molar-refractivity contribution >= 4 is 54.5 Å². The summed E-state index contributed by atoms with van der Waals surface area (Å²) in [6, 6.07) is 0. The molecule has 27 heavy (non-hydrogen) atoms. The quantitative estimate of drug-likeness (QED) is 0.729. The highest BCUT2D eigenvalue weighted by molar-refractivity contribution is 7.11. The average molecular weight is 462 g/mol. The van der Waals surface area contributed by atoms with Crippen molar-refractivity contribution in [3.63, 3.8) is 0 Å². The third-order valence-electron chi connectivity index (χ3n) is 5.14. The number of hydrogen-bond acceptors (Lipinski definition) is 6. The number of ether oxygens (including phenoxy) is 1. The number of halogens is 3. The molecule has 2 aliphatic heterocycles. The largest absolute Gasteiger partial charge is 0.384 e. The minimum Gasteiger partial charge on any atom is -0.384 e. The van der Waals surface area contributed by atoms with Crippen molar-refractivity contribution in [3.05, 3.63) is 16.1 Å². The van der Waals surface area contributed by atoms with Crippen molar-refractivity contribution in [2.45, 2.75) is 26.3 Å². The number of thiazole rings is 1. The van der Waals surface area contributed by atoms with E-state index in [-0.39, 0.29) is 42.6 Å². The van der Waals surface area contributed by atoms with Crippen LogP contribution in [0.25, 0.3) is 0 Å².